The summed E-state index contributed by atoms with van der Waals surface area (Å²) in [4.78, 5) is 19.5. The molecule has 5 heteroatoms. The van der Waals surface area contributed by atoms with Crippen LogP contribution in [-0.2, 0) is 11.2 Å². The first kappa shape index (κ1) is 15.0. The smallest absolute Gasteiger partial charge is 0.227 e. The Morgan fingerprint density at radius 1 is 1.33 bits per heavy atom. The van der Waals surface area contributed by atoms with Crippen LogP contribution in [0, 0.1) is 0 Å². The highest BCUT2D eigenvalue weighted by atomic mass is 32.1. The standard InChI is InChI=1S/C16H25N3OS/c1-17(2)8-9-18-6-3-15-14(18)4-7-19(15)16(20)11-13-5-10-21-12-13/h5,10,12,14-15H,3-4,6-9,11H2,1-2H3/t14-,15+/m0/s1. The average molecular weight is 307 g/mol. The molecule has 0 aliphatic carbocycles. The summed E-state index contributed by atoms with van der Waals surface area (Å²) >= 11 is 1.67. The molecule has 0 bridgehead atoms. The highest BCUT2D eigenvalue weighted by Crippen LogP contribution is 2.31. The lowest BCUT2D eigenvalue weighted by Crippen LogP contribution is -2.41. The molecule has 0 aromatic carbocycles. The van der Waals surface area contributed by atoms with Gasteiger partial charge in [0.15, 0.2) is 0 Å². The van der Waals surface area contributed by atoms with Crippen LogP contribution >= 0.6 is 11.3 Å². The molecule has 2 aliphatic heterocycles. The van der Waals surface area contributed by atoms with Crippen LogP contribution < -0.4 is 0 Å². The van der Waals surface area contributed by atoms with Crippen molar-refractivity contribution in [2.45, 2.75) is 31.3 Å². The summed E-state index contributed by atoms with van der Waals surface area (Å²) in [7, 11) is 4.25. The number of carbonyl (C=O) groups is 1. The molecule has 3 rings (SSSR count). The summed E-state index contributed by atoms with van der Waals surface area (Å²) in [6, 6.07) is 3.11. The average Bonchev–Trinajstić information content (AvgIpc) is 3.13. The fourth-order valence-electron chi connectivity index (χ4n) is 3.66. The number of fused-ring (bicyclic) bond motifs is 1. The topological polar surface area (TPSA) is 26.8 Å². The molecule has 2 saturated heterocycles. The number of thiophene rings is 1. The zero-order valence-electron chi connectivity index (χ0n) is 13.0. The molecule has 0 radical (unpaired) electrons. The van der Waals surface area contributed by atoms with Gasteiger partial charge in [-0.05, 0) is 49.3 Å². The van der Waals surface area contributed by atoms with Crippen molar-refractivity contribution in [3.8, 4) is 0 Å². The highest BCUT2D eigenvalue weighted by molar-refractivity contribution is 7.07. The van der Waals surface area contributed by atoms with Gasteiger partial charge >= 0.3 is 0 Å². The summed E-state index contributed by atoms with van der Waals surface area (Å²) in [6.45, 7) is 4.31. The molecule has 1 amide bonds. The van der Waals surface area contributed by atoms with Gasteiger partial charge in [-0.25, -0.2) is 0 Å². The summed E-state index contributed by atoms with van der Waals surface area (Å²) in [5.74, 6) is 0.315. The largest absolute Gasteiger partial charge is 0.338 e. The van der Waals surface area contributed by atoms with Crippen LogP contribution in [0.5, 0.6) is 0 Å². The van der Waals surface area contributed by atoms with Gasteiger partial charge in [-0.1, -0.05) is 0 Å². The van der Waals surface area contributed by atoms with E-state index in [9.17, 15) is 4.79 Å². The zero-order chi connectivity index (χ0) is 14.8. The molecule has 2 fully saturated rings. The summed E-state index contributed by atoms with van der Waals surface area (Å²) in [5, 5.41) is 4.14. The van der Waals surface area contributed by atoms with Gasteiger partial charge < -0.3 is 9.80 Å². The van der Waals surface area contributed by atoms with Crippen LogP contribution in [0.4, 0.5) is 0 Å². The number of carbonyl (C=O) groups excluding carboxylic acids is 1. The molecule has 2 aliphatic rings. The Bertz CT molecular complexity index is 474. The fraction of sp³-hybridized carbons (Fsp3) is 0.688. The molecular weight excluding hydrogens is 282 g/mol. The molecular formula is C16H25N3OS. The van der Waals surface area contributed by atoms with Crippen LogP contribution in [0.2, 0.25) is 0 Å². The van der Waals surface area contributed by atoms with Gasteiger partial charge in [-0.15, -0.1) is 0 Å². The van der Waals surface area contributed by atoms with E-state index in [1.54, 1.807) is 11.3 Å². The maximum Gasteiger partial charge on any atom is 0.227 e. The number of hydrogen-bond donors (Lipinski definition) is 0. The summed E-state index contributed by atoms with van der Waals surface area (Å²) in [6.07, 6.45) is 2.87. The van der Waals surface area contributed by atoms with Crippen molar-refractivity contribution in [2.75, 3.05) is 40.3 Å². The summed E-state index contributed by atoms with van der Waals surface area (Å²) < 4.78 is 0. The van der Waals surface area contributed by atoms with Gasteiger partial charge in [-0.3, -0.25) is 9.69 Å². The Hall–Kier alpha value is -0.910. The summed E-state index contributed by atoms with van der Waals surface area (Å²) in [5.41, 5.74) is 1.16. The first-order chi connectivity index (χ1) is 10.1. The maximum atomic E-state index is 12.5. The van der Waals surface area contributed by atoms with E-state index >= 15 is 0 Å². The van der Waals surface area contributed by atoms with Crippen molar-refractivity contribution >= 4 is 17.2 Å². The second kappa shape index (κ2) is 6.46. The molecule has 0 N–H and O–H groups in total. The Labute approximate surface area is 131 Å². The predicted molar refractivity (Wildman–Crippen MR) is 86.7 cm³/mol. The molecule has 4 nitrogen and oxygen atoms in total. The van der Waals surface area contributed by atoms with E-state index in [1.165, 1.54) is 0 Å². The number of nitrogens with zero attached hydrogens (tertiary/aromatic N) is 3. The molecule has 0 saturated carbocycles. The van der Waals surface area contributed by atoms with Crippen LogP contribution in [0.1, 0.15) is 18.4 Å². The third kappa shape index (κ3) is 3.30. The van der Waals surface area contributed by atoms with Crippen LogP contribution in [0.15, 0.2) is 16.8 Å². The number of likely N-dealkylation sites (tertiary alicyclic amines) is 2. The van der Waals surface area contributed by atoms with Gasteiger partial charge in [0.25, 0.3) is 0 Å². The minimum atomic E-state index is 0.315. The minimum Gasteiger partial charge on any atom is -0.338 e. The first-order valence-electron chi connectivity index (χ1n) is 7.84. The SMILES string of the molecule is CN(C)CCN1CC[C@@H]2[C@@H]1CCN2C(=O)Cc1ccsc1. The molecule has 21 heavy (non-hydrogen) atoms. The van der Waals surface area contributed by atoms with Gasteiger partial charge in [0.05, 0.1) is 6.42 Å². The Morgan fingerprint density at radius 2 is 2.14 bits per heavy atom. The molecule has 0 unspecified atom stereocenters. The van der Waals surface area contributed by atoms with Crippen molar-refractivity contribution in [1.82, 2.24) is 14.7 Å². The third-order valence-electron chi connectivity index (χ3n) is 4.78. The van der Waals surface area contributed by atoms with Gasteiger partial charge in [-0.2, -0.15) is 11.3 Å². The monoisotopic (exact) mass is 307 g/mol. The van der Waals surface area contributed by atoms with Crippen molar-refractivity contribution in [2.24, 2.45) is 0 Å². The van der Waals surface area contributed by atoms with Crippen LogP contribution in [0.25, 0.3) is 0 Å². The fourth-order valence-corrected chi connectivity index (χ4v) is 4.33. The Morgan fingerprint density at radius 3 is 2.86 bits per heavy atom. The quantitative estimate of drug-likeness (QED) is 0.825. The number of rotatable bonds is 5. The molecule has 0 spiro atoms. The second-order valence-electron chi connectivity index (χ2n) is 6.45. The van der Waals surface area contributed by atoms with Crippen molar-refractivity contribution in [1.29, 1.82) is 0 Å². The normalized spacial score (nSPS) is 25.8. The molecule has 1 aromatic rings. The number of amides is 1. The maximum absolute atomic E-state index is 12.5. The number of hydrogen-bond acceptors (Lipinski definition) is 4. The van der Waals surface area contributed by atoms with Crippen molar-refractivity contribution in [3.63, 3.8) is 0 Å². The molecule has 3 heterocycles. The molecule has 116 valence electrons. The third-order valence-corrected chi connectivity index (χ3v) is 5.51. The van der Waals surface area contributed by atoms with Gasteiger partial charge in [0, 0.05) is 38.3 Å². The lowest BCUT2D eigenvalue weighted by molar-refractivity contribution is -0.131. The van der Waals surface area contributed by atoms with E-state index in [2.05, 4.69) is 40.2 Å². The van der Waals surface area contributed by atoms with Crippen molar-refractivity contribution < 1.29 is 4.79 Å². The lowest BCUT2D eigenvalue weighted by Gasteiger charge is -2.26. The van der Waals surface area contributed by atoms with Crippen molar-refractivity contribution in [3.05, 3.63) is 22.4 Å². The lowest BCUT2D eigenvalue weighted by atomic mass is 10.1. The van der Waals surface area contributed by atoms with Crippen LogP contribution in [0.3, 0.4) is 0 Å². The van der Waals surface area contributed by atoms with Crippen LogP contribution in [-0.4, -0.2) is 73.0 Å². The zero-order valence-corrected chi connectivity index (χ0v) is 13.8. The minimum absolute atomic E-state index is 0.315. The molecule has 2 atom stereocenters. The molecule has 1 aromatic heterocycles. The van der Waals surface area contributed by atoms with Gasteiger partial charge in [0.2, 0.25) is 5.91 Å². The predicted octanol–water partition coefficient (Wildman–Crippen LogP) is 1.53. The number of likely N-dealkylation sites (N-methyl/N-ethyl adjacent to an activating group) is 1. The van der Waals surface area contributed by atoms with Gasteiger partial charge in [0.1, 0.15) is 0 Å². The second-order valence-corrected chi connectivity index (χ2v) is 7.23. The van der Waals surface area contributed by atoms with E-state index in [0.29, 0.717) is 24.4 Å². The van der Waals surface area contributed by atoms with E-state index in [4.69, 9.17) is 0 Å². The highest BCUT2D eigenvalue weighted by Gasteiger charge is 2.43. The van der Waals surface area contributed by atoms with E-state index in [1.807, 2.05) is 5.38 Å². The first-order valence-corrected chi connectivity index (χ1v) is 8.79. The Balaban J connectivity index is 1.57. The van der Waals surface area contributed by atoms with E-state index in [0.717, 1.165) is 44.6 Å². The Kier molecular flexibility index (Phi) is 4.62. The van der Waals surface area contributed by atoms with E-state index < -0.39 is 0 Å². The van der Waals surface area contributed by atoms with E-state index in [-0.39, 0.29) is 0 Å².